The summed E-state index contributed by atoms with van der Waals surface area (Å²) in [5.41, 5.74) is 0.840. The highest BCUT2D eigenvalue weighted by Gasteiger charge is 2.14. The molecule has 0 aliphatic carbocycles. The summed E-state index contributed by atoms with van der Waals surface area (Å²) in [4.78, 5) is 11.8. The minimum absolute atomic E-state index is 0.0437. The molecule has 0 unspecified atom stereocenters. The van der Waals surface area contributed by atoms with Crippen LogP contribution in [0.2, 0.25) is 0 Å². The van der Waals surface area contributed by atoms with Crippen LogP contribution in [-0.2, 0) is 11.3 Å². The average molecular weight is 278 g/mol. The normalized spacial score (nSPS) is 11.2. The van der Waals surface area contributed by atoms with Crippen molar-refractivity contribution in [1.29, 1.82) is 0 Å². The predicted molar refractivity (Wildman–Crippen MR) is 81.8 cm³/mol. The molecule has 0 aliphatic heterocycles. The van der Waals surface area contributed by atoms with Crippen LogP contribution in [-0.4, -0.2) is 24.6 Å². The van der Waals surface area contributed by atoms with Gasteiger partial charge in [-0.2, -0.15) is 0 Å². The summed E-state index contributed by atoms with van der Waals surface area (Å²) in [6.45, 7) is 9.76. The molecular weight excluding hydrogens is 252 g/mol. The van der Waals surface area contributed by atoms with Crippen molar-refractivity contribution in [2.45, 2.75) is 46.2 Å². The van der Waals surface area contributed by atoms with Gasteiger partial charge in [0.05, 0.1) is 0 Å². The molecule has 1 aromatic rings. The summed E-state index contributed by atoms with van der Waals surface area (Å²) in [7, 11) is 0. The van der Waals surface area contributed by atoms with Gasteiger partial charge in [-0.15, -0.1) is 0 Å². The van der Waals surface area contributed by atoms with E-state index in [1.165, 1.54) is 0 Å². The van der Waals surface area contributed by atoms with Crippen molar-refractivity contribution < 1.29 is 9.53 Å². The van der Waals surface area contributed by atoms with Gasteiger partial charge in [-0.3, -0.25) is 4.79 Å². The molecular formula is C16H26N2O2. The SMILES string of the molecule is CCCNCc1ccccc1OCC(=O)NC(C)(C)C. The molecule has 0 atom stereocenters. The van der Waals surface area contributed by atoms with E-state index in [2.05, 4.69) is 17.6 Å². The Morgan fingerprint density at radius 1 is 1.25 bits per heavy atom. The molecule has 1 rings (SSSR count). The van der Waals surface area contributed by atoms with Crippen LogP contribution < -0.4 is 15.4 Å². The van der Waals surface area contributed by atoms with Crippen molar-refractivity contribution in [2.24, 2.45) is 0 Å². The number of amides is 1. The highest BCUT2D eigenvalue weighted by atomic mass is 16.5. The number of carbonyl (C=O) groups excluding carboxylic acids is 1. The fourth-order valence-corrected chi connectivity index (χ4v) is 1.79. The van der Waals surface area contributed by atoms with E-state index in [4.69, 9.17) is 4.74 Å². The Kier molecular flexibility index (Phi) is 6.52. The first kappa shape index (κ1) is 16.5. The third kappa shape index (κ3) is 6.57. The van der Waals surface area contributed by atoms with E-state index < -0.39 is 0 Å². The van der Waals surface area contributed by atoms with Crippen LogP contribution in [0, 0.1) is 0 Å². The molecule has 20 heavy (non-hydrogen) atoms. The van der Waals surface area contributed by atoms with Crippen LogP contribution in [0.3, 0.4) is 0 Å². The van der Waals surface area contributed by atoms with Gasteiger partial charge in [0.2, 0.25) is 0 Å². The lowest BCUT2D eigenvalue weighted by Crippen LogP contribution is -2.43. The Morgan fingerprint density at radius 3 is 2.60 bits per heavy atom. The standard InChI is InChI=1S/C16H26N2O2/c1-5-10-17-11-13-8-6-7-9-14(13)20-12-15(19)18-16(2,3)4/h6-9,17H,5,10-12H2,1-4H3,(H,18,19). The third-order valence-electron chi connectivity index (χ3n) is 2.59. The molecule has 0 bridgehead atoms. The summed E-state index contributed by atoms with van der Waals surface area (Å²) in [6.07, 6.45) is 1.09. The highest BCUT2D eigenvalue weighted by Crippen LogP contribution is 2.17. The number of carbonyl (C=O) groups is 1. The maximum atomic E-state index is 11.8. The molecule has 0 fully saturated rings. The van der Waals surface area contributed by atoms with E-state index in [-0.39, 0.29) is 18.1 Å². The molecule has 4 heteroatoms. The molecule has 0 saturated carbocycles. The molecule has 0 aliphatic rings. The topological polar surface area (TPSA) is 50.4 Å². The van der Waals surface area contributed by atoms with Gasteiger partial charge in [-0.1, -0.05) is 25.1 Å². The largest absolute Gasteiger partial charge is 0.483 e. The highest BCUT2D eigenvalue weighted by molar-refractivity contribution is 5.78. The van der Waals surface area contributed by atoms with Gasteiger partial charge in [-0.05, 0) is 39.8 Å². The second-order valence-corrected chi connectivity index (χ2v) is 5.87. The number of rotatable bonds is 7. The zero-order valence-corrected chi connectivity index (χ0v) is 13.0. The summed E-state index contributed by atoms with van der Waals surface area (Å²) in [5.74, 6) is 0.661. The van der Waals surface area contributed by atoms with Crippen molar-refractivity contribution in [1.82, 2.24) is 10.6 Å². The summed E-state index contributed by atoms with van der Waals surface area (Å²) < 4.78 is 5.62. The number of para-hydroxylation sites is 1. The first-order chi connectivity index (χ1) is 9.42. The van der Waals surface area contributed by atoms with E-state index in [0.717, 1.165) is 30.8 Å². The second-order valence-electron chi connectivity index (χ2n) is 5.87. The second kappa shape index (κ2) is 7.90. The van der Waals surface area contributed by atoms with Crippen LogP contribution in [0.5, 0.6) is 5.75 Å². The lowest BCUT2D eigenvalue weighted by Gasteiger charge is -2.20. The zero-order chi connectivity index (χ0) is 15.0. The van der Waals surface area contributed by atoms with Gasteiger partial charge in [0.15, 0.2) is 6.61 Å². The van der Waals surface area contributed by atoms with Gasteiger partial charge in [0, 0.05) is 17.6 Å². The third-order valence-corrected chi connectivity index (χ3v) is 2.59. The zero-order valence-electron chi connectivity index (χ0n) is 13.0. The molecule has 1 aromatic carbocycles. The molecule has 4 nitrogen and oxygen atoms in total. The van der Waals surface area contributed by atoms with Crippen LogP contribution in [0.15, 0.2) is 24.3 Å². The Labute approximate surface area is 121 Å². The fourth-order valence-electron chi connectivity index (χ4n) is 1.79. The molecule has 1 amide bonds. The van der Waals surface area contributed by atoms with Gasteiger partial charge in [-0.25, -0.2) is 0 Å². The summed E-state index contributed by atoms with van der Waals surface area (Å²) >= 11 is 0. The maximum absolute atomic E-state index is 11.8. The van der Waals surface area contributed by atoms with Crippen LogP contribution in [0.4, 0.5) is 0 Å². The lowest BCUT2D eigenvalue weighted by atomic mass is 10.1. The first-order valence-electron chi connectivity index (χ1n) is 7.15. The van der Waals surface area contributed by atoms with Crippen molar-refractivity contribution in [2.75, 3.05) is 13.2 Å². The van der Waals surface area contributed by atoms with Crippen molar-refractivity contribution in [3.63, 3.8) is 0 Å². The average Bonchev–Trinajstić information content (AvgIpc) is 2.36. The van der Waals surface area contributed by atoms with E-state index in [1.54, 1.807) is 0 Å². The Bertz CT molecular complexity index is 425. The molecule has 0 spiro atoms. The van der Waals surface area contributed by atoms with Gasteiger partial charge >= 0.3 is 0 Å². The van der Waals surface area contributed by atoms with E-state index in [1.807, 2.05) is 45.0 Å². The minimum atomic E-state index is -0.233. The fraction of sp³-hybridized carbons (Fsp3) is 0.562. The Hall–Kier alpha value is -1.55. The number of nitrogens with one attached hydrogen (secondary N) is 2. The van der Waals surface area contributed by atoms with Gasteiger partial charge in [0.1, 0.15) is 5.75 Å². The van der Waals surface area contributed by atoms with E-state index in [9.17, 15) is 4.79 Å². The number of ether oxygens (including phenoxy) is 1. The molecule has 0 radical (unpaired) electrons. The monoisotopic (exact) mass is 278 g/mol. The Balaban J connectivity index is 2.52. The van der Waals surface area contributed by atoms with Crippen molar-refractivity contribution >= 4 is 5.91 Å². The molecule has 2 N–H and O–H groups in total. The molecule has 0 heterocycles. The van der Waals surface area contributed by atoms with Gasteiger partial charge in [0.25, 0.3) is 5.91 Å². The quantitative estimate of drug-likeness (QED) is 0.753. The van der Waals surface area contributed by atoms with Gasteiger partial charge < -0.3 is 15.4 Å². The predicted octanol–water partition coefficient (Wildman–Crippen LogP) is 2.48. The lowest BCUT2D eigenvalue weighted by molar-refractivity contribution is -0.124. The first-order valence-corrected chi connectivity index (χ1v) is 7.15. The molecule has 0 aromatic heterocycles. The number of hydrogen-bond acceptors (Lipinski definition) is 3. The smallest absolute Gasteiger partial charge is 0.258 e. The molecule has 0 saturated heterocycles. The maximum Gasteiger partial charge on any atom is 0.258 e. The minimum Gasteiger partial charge on any atom is -0.483 e. The van der Waals surface area contributed by atoms with Crippen molar-refractivity contribution in [3.8, 4) is 5.75 Å². The van der Waals surface area contributed by atoms with Crippen LogP contribution >= 0.6 is 0 Å². The Morgan fingerprint density at radius 2 is 1.95 bits per heavy atom. The van der Waals surface area contributed by atoms with E-state index >= 15 is 0 Å². The van der Waals surface area contributed by atoms with Crippen LogP contribution in [0.25, 0.3) is 0 Å². The number of benzene rings is 1. The molecule has 112 valence electrons. The van der Waals surface area contributed by atoms with E-state index in [0.29, 0.717) is 0 Å². The summed E-state index contributed by atoms with van der Waals surface area (Å²) in [5, 5.41) is 6.22. The number of hydrogen-bond donors (Lipinski definition) is 2. The summed E-state index contributed by atoms with van der Waals surface area (Å²) in [6, 6.07) is 7.80. The van der Waals surface area contributed by atoms with Crippen molar-refractivity contribution in [3.05, 3.63) is 29.8 Å². The van der Waals surface area contributed by atoms with Crippen LogP contribution in [0.1, 0.15) is 39.7 Å².